The van der Waals surface area contributed by atoms with Crippen molar-refractivity contribution in [1.29, 1.82) is 5.26 Å². The maximum absolute atomic E-state index is 9.32. The predicted octanol–water partition coefficient (Wildman–Crippen LogP) is 7.12. The quantitative estimate of drug-likeness (QED) is 0.227. The highest BCUT2D eigenvalue weighted by molar-refractivity contribution is 6.88. The standard InChI is InChI=1S/C31H29NOSi/c1-33-28-18-14-26(15-19-28)31(27-16-20-29(21-17-27)34(2,3)4)30(24-8-6-5-7-9-24)25-12-10-23(22-32)11-13-25/h5-21H,1-4H3/b31-30+. The molecule has 0 unspecified atom stereocenters. The molecule has 0 bridgehead atoms. The summed E-state index contributed by atoms with van der Waals surface area (Å²) in [6.07, 6.45) is 0. The van der Waals surface area contributed by atoms with Gasteiger partial charge < -0.3 is 4.74 Å². The largest absolute Gasteiger partial charge is 0.497 e. The summed E-state index contributed by atoms with van der Waals surface area (Å²) in [6.45, 7) is 7.11. The summed E-state index contributed by atoms with van der Waals surface area (Å²) < 4.78 is 5.42. The van der Waals surface area contributed by atoms with Crippen molar-refractivity contribution in [1.82, 2.24) is 0 Å². The molecular formula is C31H29NOSi. The molecule has 0 aliphatic rings. The molecule has 0 saturated heterocycles. The summed E-state index contributed by atoms with van der Waals surface area (Å²) in [4.78, 5) is 0. The molecule has 0 amide bonds. The van der Waals surface area contributed by atoms with E-state index in [-0.39, 0.29) is 0 Å². The molecule has 2 nitrogen and oxygen atoms in total. The van der Waals surface area contributed by atoms with Gasteiger partial charge in [-0.05, 0) is 57.7 Å². The Morgan fingerprint density at radius 3 is 1.50 bits per heavy atom. The van der Waals surface area contributed by atoms with Crippen molar-refractivity contribution in [2.24, 2.45) is 0 Å². The van der Waals surface area contributed by atoms with Crippen LogP contribution in [0.3, 0.4) is 0 Å². The summed E-state index contributed by atoms with van der Waals surface area (Å²) in [6, 6.07) is 37.9. The molecule has 0 aromatic heterocycles. The molecule has 0 radical (unpaired) electrons. The molecule has 0 atom stereocenters. The van der Waals surface area contributed by atoms with E-state index in [9.17, 15) is 5.26 Å². The first-order chi connectivity index (χ1) is 16.4. The molecule has 3 heteroatoms. The minimum absolute atomic E-state index is 0.654. The van der Waals surface area contributed by atoms with E-state index in [1.54, 1.807) is 7.11 Å². The molecule has 4 aromatic carbocycles. The van der Waals surface area contributed by atoms with Gasteiger partial charge >= 0.3 is 0 Å². The molecule has 0 fully saturated rings. The zero-order chi connectivity index (χ0) is 24.1. The lowest BCUT2D eigenvalue weighted by atomic mass is 9.85. The lowest BCUT2D eigenvalue weighted by molar-refractivity contribution is 0.415. The maximum atomic E-state index is 9.32. The number of nitrogens with zero attached hydrogens (tertiary/aromatic N) is 1. The monoisotopic (exact) mass is 459 g/mol. The van der Waals surface area contributed by atoms with Crippen LogP contribution in [0.15, 0.2) is 103 Å². The molecule has 0 saturated carbocycles. The summed E-state index contributed by atoms with van der Waals surface area (Å²) in [7, 11) is 0.276. The minimum atomic E-state index is -1.41. The summed E-state index contributed by atoms with van der Waals surface area (Å²) in [5, 5.41) is 10.8. The SMILES string of the molecule is COc1ccc(/C(=C(/c2ccccc2)c2ccc(C#N)cc2)c2ccc([Si](C)(C)C)cc2)cc1. The Balaban J connectivity index is 2.03. The van der Waals surface area contributed by atoms with Crippen LogP contribution in [-0.2, 0) is 0 Å². The normalized spacial score (nSPS) is 12.0. The fourth-order valence-corrected chi connectivity index (χ4v) is 5.29. The van der Waals surface area contributed by atoms with Crippen LogP contribution in [0.2, 0.25) is 19.6 Å². The van der Waals surface area contributed by atoms with E-state index in [1.807, 2.05) is 42.5 Å². The first-order valence-electron chi connectivity index (χ1n) is 11.5. The van der Waals surface area contributed by atoms with Crippen molar-refractivity contribution in [2.75, 3.05) is 7.11 Å². The van der Waals surface area contributed by atoms with Crippen molar-refractivity contribution in [3.05, 3.63) is 131 Å². The number of nitriles is 1. The third-order valence-corrected chi connectivity index (χ3v) is 8.10. The van der Waals surface area contributed by atoms with Crippen LogP contribution >= 0.6 is 0 Å². The van der Waals surface area contributed by atoms with Crippen molar-refractivity contribution >= 4 is 24.4 Å². The fourth-order valence-electron chi connectivity index (χ4n) is 4.12. The van der Waals surface area contributed by atoms with Crippen LogP contribution in [0.25, 0.3) is 11.1 Å². The Bertz CT molecular complexity index is 1320. The number of methoxy groups -OCH3 is 1. The smallest absolute Gasteiger partial charge is 0.118 e. The lowest BCUT2D eigenvalue weighted by Crippen LogP contribution is -2.37. The van der Waals surface area contributed by atoms with Gasteiger partial charge in [0.05, 0.1) is 26.8 Å². The summed E-state index contributed by atoms with van der Waals surface area (Å²) in [5.41, 5.74) is 7.43. The van der Waals surface area contributed by atoms with Gasteiger partial charge in [0.1, 0.15) is 5.75 Å². The van der Waals surface area contributed by atoms with E-state index in [0.717, 1.165) is 39.1 Å². The lowest BCUT2D eigenvalue weighted by Gasteiger charge is -2.20. The first-order valence-corrected chi connectivity index (χ1v) is 15.0. The second-order valence-electron chi connectivity index (χ2n) is 9.36. The molecular weight excluding hydrogens is 430 g/mol. The van der Waals surface area contributed by atoms with Gasteiger partial charge in [-0.1, -0.05) is 104 Å². The average molecular weight is 460 g/mol. The molecule has 4 aromatic rings. The Morgan fingerprint density at radius 1 is 0.618 bits per heavy atom. The van der Waals surface area contributed by atoms with Crippen molar-refractivity contribution < 1.29 is 4.74 Å². The number of rotatable bonds is 6. The molecule has 168 valence electrons. The fraction of sp³-hybridized carbons (Fsp3) is 0.129. The highest BCUT2D eigenvalue weighted by atomic mass is 28.3. The molecule has 4 rings (SSSR count). The second-order valence-corrected chi connectivity index (χ2v) is 14.4. The van der Waals surface area contributed by atoms with Gasteiger partial charge in [-0.25, -0.2) is 0 Å². The maximum Gasteiger partial charge on any atom is 0.118 e. The summed E-state index contributed by atoms with van der Waals surface area (Å²) >= 11 is 0. The van der Waals surface area contributed by atoms with Crippen LogP contribution in [0.5, 0.6) is 5.75 Å². The molecule has 0 aliphatic carbocycles. The molecule has 0 heterocycles. The third kappa shape index (κ3) is 5.03. The second kappa shape index (κ2) is 9.95. The summed E-state index contributed by atoms with van der Waals surface area (Å²) in [5.74, 6) is 0.830. The Hall–Kier alpha value is -3.87. The Kier molecular flexibility index (Phi) is 6.81. The number of ether oxygens (including phenoxy) is 1. The molecule has 0 spiro atoms. The molecule has 0 aliphatic heterocycles. The van der Waals surface area contributed by atoms with E-state index in [4.69, 9.17) is 4.74 Å². The van der Waals surface area contributed by atoms with Gasteiger partial charge in [0.15, 0.2) is 0 Å². The van der Waals surface area contributed by atoms with Gasteiger partial charge in [-0.3, -0.25) is 0 Å². The average Bonchev–Trinajstić information content (AvgIpc) is 2.87. The van der Waals surface area contributed by atoms with Crippen LogP contribution in [0.4, 0.5) is 0 Å². The van der Waals surface area contributed by atoms with Crippen LogP contribution in [0.1, 0.15) is 27.8 Å². The van der Waals surface area contributed by atoms with Crippen LogP contribution in [-0.4, -0.2) is 15.2 Å². The van der Waals surface area contributed by atoms with E-state index in [0.29, 0.717) is 5.56 Å². The van der Waals surface area contributed by atoms with Gasteiger partial charge in [-0.15, -0.1) is 0 Å². The van der Waals surface area contributed by atoms with Gasteiger partial charge in [0.25, 0.3) is 0 Å². The molecule has 0 N–H and O–H groups in total. The molecule has 34 heavy (non-hydrogen) atoms. The highest BCUT2D eigenvalue weighted by Gasteiger charge is 2.19. The third-order valence-electron chi connectivity index (χ3n) is 6.03. The predicted molar refractivity (Wildman–Crippen MR) is 145 cm³/mol. The number of hydrogen-bond acceptors (Lipinski definition) is 2. The van der Waals surface area contributed by atoms with Crippen molar-refractivity contribution in [2.45, 2.75) is 19.6 Å². The Morgan fingerprint density at radius 2 is 1.06 bits per heavy atom. The van der Waals surface area contributed by atoms with Crippen molar-refractivity contribution in [3.8, 4) is 11.8 Å². The first kappa shape index (κ1) is 23.3. The van der Waals surface area contributed by atoms with Gasteiger partial charge in [0.2, 0.25) is 0 Å². The van der Waals surface area contributed by atoms with E-state index in [2.05, 4.69) is 86.4 Å². The van der Waals surface area contributed by atoms with Crippen molar-refractivity contribution in [3.63, 3.8) is 0 Å². The van der Waals surface area contributed by atoms with E-state index < -0.39 is 8.07 Å². The van der Waals surface area contributed by atoms with Gasteiger partial charge in [-0.2, -0.15) is 5.26 Å². The van der Waals surface area contributed by atoms with Crippen LogP contribution < -0.4 is 9.92 Å². The zero-order valence-corrected chi connectivity index (χ0v) is 21.2. The van der Waals surface area contributed by atoms with E-state index >= 15 is 0 Å². The number of hydrogen-bond donors (Lipinski definition) is 0. The zero-order valence-electron chi connectivity index (χ0n) is 20.2. The Labute approximate surface area is 203 Å². The topological polar surface area (TPSA) is 33.0 Å². The van der Waals surface area contributed by atoms with E-state index in [1.165, 1.54) is 5.19 Å². The highest BCUT2D eigenvalue weighted by Crippen LogP contribution is 2.37. The number of benzene rings is 4. The minimum Gasteiger partial charge on any atom is -0.497 e. The van der Waals surface area contributed by atoms with Gasteiger partial charge in [0, 0.05) is 0 Å². The van der Waals surface area contributed by atoms with Crippen LogP contribution in [0, 0.1) is 11.3 Å².